The van der Waals surface area contributed by atoms with Gasteiger partial charge in [0.1, 0.15) is 18.2 Å². The van der Waals surface area contributed by atoms with Gasteiger partial charge in [-0.2, -0.15) is 10.4 Å². The number of nitrogens with one attached hydrogen (secondary N) is 2. The zero-order valence-electron chi connectivity index (χ0n) is 17.6. The molecule has 7 nitrogen and oxygen atoms in total. The molecule has 0 amide bonds. The van der Waals surface area contributed by atoms with Gasteiger partial charge in [0.25, 0.3) is 5.56 Å². The highest BCUT2D eigenvalue weighted by Crippen LogP contribution is 2.21. The average Bonchev–Trinajstić information content (AvgIpc) is 2.84. The van der Waals surface area contributed by atoms with Crippen molar-refractivity contribution >= 4 is 23.8 Å². The molecule has 2 N–H and O–H groups in total. The van der Waals surface area contributed by atoms with Gasteiger partial charge in [0.2, 0.25) is 5.95 Å². The molecule has 4 rings (SSSR count). The minimum Gasteiger partial charge on any atom is -0.486 e. The average molecular weight is 474 g/mol. The lowest BCUT2D eigenvalue weighted by Gasteiger charge is -2.08. The molecule has 0 saturated heterocycles. The molecule has 0 aliphatic heterocycles. The van der Waals surface area contributed by atoms with Crippen LogP contribution in [0.15, 0.2) is 82.7 Å². The molecule has 0 atom stereocenters. The molecular weight excluding hydrogens is 457 g/mol. The molecule has 1 heterocycles. The molecule has 0 spiro atoms. The van der Waals surface area contributed by atoms with E-state index in [0.717, 1.165) is 5.56 Å². The lowest BCUT2D eigenvalue weighted by atomic mass is 10.1. The molecule has 3 aromatic carbocycles. The van der Waals surface area contributed by atoms with E-state index in [1.165, 1.54) is 18.3 Å². The third-order valence-electron chi connectivity index (χ3n) is 4.70. The Morgan fingerprint density at radius 1 is 1.15 bits per heavy atom. The summed E-state index contributed by atoms with van der Waals surface area (Å²) in [4.78, 5) is 19.0. The Hall–Kier alpha value is -4.48. The number of hydrogen-bond acceptors (Lipinski definition) is 6. The number of nitriles is 1. The summed E-state index contributed by atoms with van der Waals surface area (Å²) in [6.45, 7) is 0.175. The molecule has 0 saturated carbocycles. The maximum absolute atomic E-state index is 14.4. The summed E-state index contributed by atoms with van der Waals surface area (Å²) in [7, 11) is 0. The number of rotatable bonds is 7. The summed E-state index contributed by atoms with van der Waals surface area (Å²) in [5.74, 6) is -0.418. The zero-order valence-corrected chi connectivity index (χ0v) is 18.4. The summed E-state index contributed by atoms with van der Waals surface area (Å²) in [6.07, 6.45) is 1.37. The van der Waals surface area contributed by atoms with Crippen molar-refractivity contribution in [1.82, 2.24) is 9.97 Å². The Morgan fingerprint density at radius 3 is 2.71 bits per heavy atom. The Morgan fingerprint density at radius 2 is 1.97 bits per heavy atom. The van der Waals surface area contributed by atoms with E-state index >= 15 is 0 Å². The number of aromatic nitrogens is 2. The van der Waals surface area contributed by atoms with E-state index in [4.69, 9.17) is 16.3 Å². The Balaban J connectivity index is 1.46. The fourth-order valence-electron chi connectivity index (χ4n) is 3.11. The van der Waals surface area contributed by atoms with Crippen LogP contribution in [0.5, 0.6) is 5.75 Å². The van der Waals surface area contributed by atoms with Crippen LogP contribution in [0.3, 0.4) is 0 Å². The zero-order chi connectivity index (χ0) is 23.9. The van der Waals surface area contributed by atoms with Crippen molar-refractivity contribution in [3.63, 3.8) is 0 Å². The first-order valence-electron chi connectivity index (χ1n) is 10.1. The summed E-state index contributed by atoms with van der Waals surface area (Å²) in [5.41, 5.74) is 4.04. The first-order valence-corrected chi connectivity index (χ1v) is 10.5. The van der Waals surface area contributed by atoms with Crippen molar-refractivity contribution in [3.8, 4) is 23.1 Å². The topological polar surface area (TPSA) is 103 Å². The molecule has 1 aromatic heterocycles. The lowest BCUT2D eigenvalue weighted by molar-refractivity contribution is 0.290. The van der Waals surface area contributed by atoms with Gasteiger partial charge in [-0.25, -0.2) is 14.8 Å². The van der Waals surface area contributed by atoms with Crippen LogP contribution in [0.2, 0.25) is 5.02 Å². The van der Waals surface area contributed by atoms with Gasteiger partial charge in [0.05, 0.1) is 11.9 Å². The first-order chi connectivity index (χ1) is 16.5. The molecule has 0 radical (unpaired) electrons. The maximum Gasteiger partial charge on any atom is 0.270 e. The Kier molecular flexibility index (Phi) is 6.96. The molecule has 0 fully saturated rings. The Labute approximate surface area is 199 Å². The van der Waals surface area contributed by atoms with Crippen LogP contribution in [-0.4, -0.2) is 16.2 Å². The van der Waals surface area contributed by atoms with E-state index in [9.17, 15) is 14.4 Å². The molecule has 9 heteroatoms. The second-order valence-electron chi connectivity index (χ2n) is 7.09. The minimum absolute atomic E-state index is 0.0426. The fourth-order valence-corrected chi connectivity index (χ4v) is 3.32. The standard InChI is InChI=1S/C25H17ClFN5O2/c26-19-8-4-5-17(11-19)15-34-22-10-9-16(12-21(22)27)14-29-32-25-30-23(18-6-2-1-3-7-18)20(13-28)24(33)31-25/h1-12,14H,15H2,(H2,30,31,32,33). The van der Waals surface area contributed by atoms with Gasteiger partial charge in [-0.3, -0.25) is 9.78 Å². The van der Waals surface area contributed by atoms with Gasteiger partial charge in [0, 0.05) is 10.6 Å². The monoisotopic (exact) mass is 473 g/mol. The smallest absolute Gasteiger partial charge is 0.270 e. The van der Waals surface area contributed by atoms with Gasteiger partial charge in [-0.15, -0.1) is 0 Å². The third kappa shape index (κ3) is 5.46. The highest BCUT2D eigenvalue weighted by molar-refractivity contribution is 6.30. The largest absolute Gasteiger partial charge is 0.486 e. The van der Waals surface area contributed by atoms with Crippen LogP contribution < -0.4 is 15.7 Å². The minimum atomic E-state index is -0.596. The quantitative estimate of drug-likeness (QED) is 0.286. The molecular formula is C25H17ClFN5O2. The highest BCUT2D eigenvalue weighted by atomic mass is 35.5. The maximum atomic E-state index is 14.4. The molecule has 0 aliphatic carbocycles. The van der Waals surface area contributed by atoms with Gasteiger partial charge in [-0.1, -0.05) is 54.1 Å². The number of hydrogen-bond donors (Lipinski definition) is 2. The van der Waals surface area contributed by atoms with Crippen molar-refractivity contribution in [2.24, 2.45) is 5.10 Å². The number of benzene rings is 3. The normalized spacial score (nSPS) is 10.7. The highest BCUT2D eigenvalue weighted by Gasteiger charge is 2.13. The van der Waals surface area contributed by atoms with Crippen LogP contribution in [0, 0.1) is 17.1 Å². The van der Waals surface area contributed by atoms with Crippen molar-refractivity contribution in [2.75, 3.05) is 5.43 Å². The number of halogens is 2. The predicted molar refractivity (Wildman–Crippen MR) is 128 cm³/mol. The number of hydrazone groups is 1. The molecule has 168 valence electrons. The number of aromatic amines is 1. The number of anilines is 1. The van der Waals surface area contributed by atoms with Gasteiger partial charge in [-0.05, 0) is 41.5 Å². The molecule has 34 heavy (non-hydrogen) atoms. The number of H-pyrrole nitrogens is 1. The van der Waals surface area contributed by atoms with Crippen molar-refractivity contribution in [1.29, 1.82) is 5.26 Å². The second-order valence-corrected chi connectivity index (χ2v) is 7.53. The van der Waals surface area contributed by atoms with E-state index in [1.807, 2.05) is 18.2 Å². The van der Waals surface area contributed by atoms with E-state index in [0.29, 0.717) is 16.1 Å². The third-order valence-corrected chi connectivity index (χ3v) is 4.94. The van der Waals surface area contributed by atoms with Crippen LogP contribution in [0.4, 0.5) is 10.3 Å². The molecule has 0 bridgehead atoms. The summed E-state index contributed by atoms with van der Waals surface area (Å²) in [6, 6.07) is 22.3. The molecule has 0 unspecified atom stereocenters. The van der Waals surface area contributed by atoms with Crippen LogP contribution in [0.25, 0.3) is 11.3 Å². The SMILES string of the molecule is N#Cc1c(-c2ccccc2)nc(NN=Cc2ccc(OCc3cccc(Cl)c3)c(F)c2)[nH]c1=O. The number of ether oxygens (including phenoxy) is 1. The van der Waals surface area contributed by atoms with Crippen molar-refractivity contribution in [2.45, 2.75) is 6.61 Å². The van der Waals surface area contributed by atoms with E-state index in [1.54, 1.807) is 48.5 Å². The summed E-state index contributed by atoms with van der Waals surface area (Å²) < 4.78 is 20.0. The summed E-state index contributed by atoms with van der Waals surface area (Å²) in [5, 5.41) is 13.9. The summed E-state index contributed by atoms with van der Waals surface area (Å²) >= 11 is 5.95. The van der Waals surface area contributed by atoms with Crippen molar-refractivity contribution in [3.05, 3.63) is 111 Å². The molecule has 0 aliphatic rings. The van der Waals surface area contributed by atoms with Gasteiger partial charge < -0.3 is 4.74 Å². The second kappa shape index (κ2) is 10.4. The van der Waals surface area contributed by atoms with Crippen molar-refractivity contribution < 1.29 is 9.13 Å². The van der Waals surface area contributed by atoms with E-state index < -0.39 is 11.4 Å². The van der Waals surface area contributed by atoms with Crippen LogP contribution >= 0.6 is 11.6 Å². The lowest BCUT2D eigenvalue weighted by Crippen LogP contribution is -2.16. The van der Waals surface area contributed by atoms with E-state index in [2.05, 4.69) is 20.5 Å². The van der Waals surface area contributed by atoms with E-state index in [-0.39, 0.29) is 29.6 Å². The fraction of sp³-hybridized carbons (Fsp3) is 0.0400. The molecule has 4 aromatic rings. The van der Waals surface area contributed by atoms with Crippen LogP contribution in [0.1, 0.15) is 16.7 Å². The van der Waals surface area contributed by atoms with Crippen LogP contribution in [-0.2, 0) is 6.61 Å². The Bertz CT molecular complexity index is 1450. The predicted octanol–water partition coefficient (Wildman–Crippen LogP) is 5.13. The number of nitrogens with zero attached hydrogens (tertiary/aromatic N) is 3. The van der Waals surface area contributed by atoms with Gasteiger partial charge in [0.15, 0.2) is 11.6 Å². The van der Waals surface area contributed by atoms with Gasteiger partial charge >= 0.3 is 0 Å². The first kappa shape index (κ1) is 22.7.